The molecule has 0 radical (unpaired) electrons. The first-order valence-electron chi connectivity index (χ1n) is 8.11. The van der Waals surface area contributed by atoms with Crippen LogP contribution in [0.3, 0.4) is 0 Å². The van der Waals surface area contributed by atoms with Crippen LogP contribution < -0.4 is 4.65 Å². The van der Waals surface area contributed by atoms with Gasteiger partial charge in [-0.05, 0) is 30.2 Å². The van der Waals surface area contributed by atoms with Crippen LogP contribution in [0.1, 0.15) is 27.9 Å². The normalized spacial score (nSPS) is 16.6. The maximum atomic E-state index is 12.7. The molecular formula is C18H17BN2O5. The second kappa shape index (κ2) is 7.49. The lowest BCUT2D eigenvalue weighted by molar-refractivity contribution is -0.113. The SMILES string of the molecule is CN=C(C(=O)C[C@H]1Cc2cccc(C(=O)O)c2OB1O)c1cccnc1. The zero-order valence-corrected chi connectivity index (χ0v) is 14.1. The average Bonchev–Trinajstić information content (AvgIpc) is 2.63. The fourth-order valence-electron chi connectivity index (χ4n) is 3.08. The van der Waals surface area contributed by atoms with Gasteiger partial charge in [-0.25, -0.2) is 4.79 Å². The highest BCUT2D eigenvalue weighted by Crippen LogP contribution is 2.36. The van der Waals surface area contributed by atoms with Crippen LogP contribution in [0.15, 0.2) is 47.7 Å². The third-order valence-corrected chi connectivity index (χ3v) is 4.32. The number of para-hydroxylation sites is 1. The number of benzene rings is 1. The Labute approximate surface area is 150 Å². The topological polar surface area (TPSA) is 109 Å². The molecule has 132 valence electrons. The number of carboxylic acids is 1. The summed E-state index contributed by atoms with van der Waals surface area (Å²) in [5.74, 6) is -1.69. The molecule has 0 saturated carbocycles. The summed E-state index contributed by atoms with van der Waals surface area (Å²) < 4.78 is 5.43. The summed E-state index contributed by atoms with van der Waals surface area (Å²) in [6, 6.07) is 8.24. The van der Waals surface area contributed by atoms with E-state index in [0.29, 0.717) is 17.5 Å². The van der Waals surface area contributed by atoms with E-state index in [9.17, 15) is 19.7 Å². The van der Waals surface area contributed by atoms with Crippen molar-refractivity contribution in [3.63, 3.8) is 0 Å². The van der Waals surface area contributed by atoms with Crippen molar-refractivity contribution in [2.45, 2.75) is 18.7 Å². The number of aromatic carboxylic acids is 1. The second-order valence-electron chi connectivity index (χ2n) is 6.01. The molecule has 0 spiro atoms. The molecule has 2 N–H and O–H groups in total. The van der Waals surface area contributed by atoms with E-state index in [4.69, 9.17) is 4.65 Å². The van der Waals surface area contributed by atoms with Crippen LogP contribution in [0.4, 0.5) is 0 Å². The van der Waals surface area contributed by atoms with E-state index in [-0.39, 0.29) is 29.2 Å². The number of nitrogens with zero attached hydrogens (tertiary/aromatic N) is 2. The number of carboxylic acid groups (broad SMARTS) is 1. The Morgan fingerprint density at radius 3 is 2.81 bits per heavy atom. The zero-order valence-electron chi connectivity index (χ0n) is 14.1. The van der Waals surface area contributed by atoms with Crippen LogP contribution in [0.2, 0.25) is 5.82 Å². The lowest BCUT2D eigenvalue weighted by atomic mass is 9.64. The Morgan fingerprint density at radius 1 is 1.35 bits per heavy atom. The average molecular weight is 352 g/mol. The minimum Gasteiger partial charge on any atom is -0.535 e. The number of carbonyl (C=O) groups is 2. The quantitative estimate of drug-likeness (QED) is 0.626. The summed E-state index contributed by atoms with van der Waals surface area (Å²) in [7, 11) is 0.265. The van der Waals surface area contributed by atoms with Gasteiger partial charge in [0, 0.05) is 37.2 Å². The molecule has 0 bridgehead atoms. The van der Waals surface area contributed by atoms with Gasteiger partial charge in [0.25, 0.3) is 0 Å². The molecule has 0 amide bonds. The Kier molecular flexibility index (Phi) is 5.13. The van der Waals surface area contributed by atoms with Crippen molar-refractivity contribution >= 4 is 24.6 Å². The van der Waals surface area contributed by atoms with E-state index in [2.05, 4.69) is 9.98 Å². The van der Waals surface area contributed by atoms with Crippen LogP contribution in [-0.2, 0) is 11.2 Å². The summed E-state index contributed by atoms with van der Waals surface area (Å²) in [6.07, 6.45) is 3.53. The Hall–Kier alpha value is -3.00. The molecule has 1 aliphatic heterocycles. The van der Waals surface area contributed by atoms with E-state index in [1.165, 1.54) is 13.1 Å². The number of hydrogen-bond donors (Lipinski definition) is 2. The lowest BCUT2D eigenvalue weighted by Crippen LogP contribution is -2.36. The molecule has 8 heteroatoms. The third kappa shape index (κ3) is 3.50. The molecule has 0 fully saturated rings. The number of ketones is 1. The molecular weight excluding hydrogens is 335 g/mol. The minimum atomic E-state index is -1.26. The zero-order chi connectivity index (χ0) is 18.7. The molecule has 26 heavy (non-hydrogen) atoms. The fourth-order valence-corrected chi connectivity index (χ4v) is 3.08. The Bertz CT molecular complexity index is 869. The summed E-state index contributed by atoms with van der Waals surface area (Å²) >= 11 is 0. The van der Waals surface area contributed by atoms with Crippen molar-refractivity contribution in [2.75, 3.05) is 7.05 Å². The number of Topliss-reactive ketones (excluding diaryl/α,β-unsaturated/α-hetero) is 1. The smallest absolute Gasteiger partial charge is 0.526 e. The Balaban J connectivity index is 1.80. The van der Waals surface area contributed by atoms with Crippen molar-refractivity contribution in [1.29, 1.82) is 0 Å². The molecule has 1 aliphatic rings. The number of fused-ring (bicyclic) bond motifs is 1. The molecule has 0 unspecified atom stereocenters. The monoisotopic (exact) mass is 352 g/mol. The van der Waals surface area contributed by atoms with E-state index in [0.717, 1.165) is 0 Å². The number of pyridine rings is 1. The first-order chi connectivity index (χ1) is 12.5. The van der Waals surface area contributed by atoms with Crippen LogP contribution in [0.5, 0.6) is 5.75 Å². The van der Waals surface area contributed by atoms with Crippen molar-refractivity contribution < 1.29 is 24.4 Å². The maximum absolute atomic E-state index is 12.7. The van der Waals surface area contributed by atoms with Gasteiger partial charge in [0.05, 0.1) is 5.56 Å². The van der Waals surface area contributed by atoms with Gasteiger partial charge in [-0.1, -0.05) is 12.1 Å². The molecule has 0 aliphatic carbocycles. The molecule has 2 heterocycles. The third-order valence-electron chi connectivity index (χ3n) is 4.32. The molecule has 7 nitrogen and oxygen atoms in total. The first-order valence-corrected chi connectivity index (χ1v) is 8.11. The van der Waals surface area contributed by atoms with Crippen molar-refractivity contribution in [3.05, 3.63) is 59.4 Å². The molecule has 1 aromatic heterocycles. The van der Waals surface area contributed by atoms with Crippen molar-refractivity contribution in [2.24, 2.45) is 4.99 Å². The van der Waals surface area contributed by atoms with Gasteiger partial charge >= 0.3 is 13.1 Å². The highest BCUT2D eigenvalue weighted by atomic mass is 16.5. The summed E-state index contributed by atoms with van der Waals surface area (Å²) in [4.78, 5) is 32.0. The number of carbonyl (C=O) groups excluding carboxylic acids is 1. The number of aromatic nitrogens is 1. The van der Waals surface area contributed by atoms with Crippen LogP contribution in [0, 0.1) is 0 Å². The van der Waals surface area contributed by atoms with Crippen LogP contribution in [0.25, 0.3) is 0 Å². The second-order valence-corrected chi connectivity index (χ2v) is 6.01. The van der Waals surface area contributed by atoms with Gasteiger partial charge in [0.15, 0.2) is 5.78 Å². The van der Waals surface area contributed by atoms with Crippen molar-refractivity contribution in [3.8, 4) is 5.75 Å². The van der Waals surface area contributed by atoms with Gasteiger partial charge in [-0.2, -0.15) is 0 Å². The minimum absolute atomic E-state index is 0.00232. The molecule has 0 saturated heterocycles. The van der Waals surface area contributed by atoms with E-state index >= 15 is 0 Å². The van der Waals surface area contributed by atoms with E-state index in [1.54, 1.807) is 36.7 Å². The van der Waals surface area contributed by atoms with Gasteiger partial charge in [-0.3, -0.25) is 14.8 Å². The predicted molar refractivity (Wildman–Crippen MR) is 95.8 cm³/mol. The van der Waals surface area contributed by atoms with Gasteiger partial charge in [0.2, 0.25) is 0 Å². The summed E-state index contributed by atoms with van der Waals surface area (Å²) in [6.45, 7) is 0. The molecule has 3 rings (SSSR count). The molecule has 1 aromatic carbocycles. The van der Waals surface area contributed by atoms with Gasteiger partial charge in [0.1, 0.15) is 11.5 Å². The molecule has 1 atom stereocenters. The maximum Gasteiger partial charge on any atom is 0.526 e. The van der Waals surface area contributed by atoms with Crippen LogP contribution >= 0.6 is 0 Å². The first kappa shape index (κ1) is 17.8. The predicted octanol–water partition coefficient (Wildman–Crippen LogP) is 1.64. The largest absolute Gasteiger partial charge is 0.535 e. The fraction of sp³-hybridized carbons (Fsp3) is 0.222. The molecule has 2 aromatic rings. The Morgan fingerprint density at radius 2 is 2.15 bits per heavy atom. The van der Waals surface area contributed by atoms with E-state index in [1.807, 2.05) is 0 Å². The number of hydrogen-bond acceptors (Lipinski definition) is 6. The standard InChI is InChI=1S/C18H17BN2O5/c1-20-16(12-5-3-7-21-10-12)15(22)9-13-8-11-4-2-6-14(18(23)24)17(11)26-19(13)25/h2-7,10,13,25H,8-9H2,1H3,(H,23,24)/t13-/m1/s1. The number of aliphatic imine (C=N–C) groups is 1. The highest BCUT2D eigenvalue weighted by molar-refractivity contribution is 6.51. The van der Waals surface area contributed by atoms with Gasteiger partial charge < -0.3 is 14.8 Å². The highest BCUT2D eigenvalue weighted by Gasteiger charge is 2.38. The van der Waals surface area contributed by atoms with Crippen molar-refractivity contribution in [1.82, 2.24) is 4.98 Å². The van der Waals surface area contributed by atoms with Gasteiger partial charge in [-0.15, -0.1) is 0 Å². The summed E-state index contributed by atoms with van der Waals surface area (Å²) in [5.41, 5.74) is 1.55. The lowest BCUT2D eigenvalue weighted by Gasteiger charge is -2.28. The van der Waals surface area contributed by atoms with E-state index < -0.39 is 18.9 Å². The van der Waals surface area contributed by atoms with Crippen LogP contribution in [-0.4, -0.2) is 46.7 Å². The summed E-state index contributed by atoms with van der Waals surface area (Å²) in [5, 5.41) is 19.5. The number of rotatable bonds is 5.